The summed E-state index contributed by atoms with van der Waals surface area (Å²) in [6.07, 6.45) is 7.64. The summed E-state index contributed by atoms with van der Waals surface area (Å²) in [6, 6.07) is 10.6. The number of unbranched alkanes of at least 4 members (excludes halogenated alkanes) is 1. The second-order valence-electron chi connectivity index (χ2n) is 6.72. The van der Waals surface area contributed by atoms with E-state index < -0.39 is 10.0 Å². The predicted octanol–water partition coefficient (Wildman–Crippen LogP) is 4.04. The van der Waals surface area contributed by atoms with E-state index in [0.717, 1.165) is 34.6 Å². The standard InChI is InChI=1S/C20H22N4O2S2/c1-2-3-9-27-16-10-18-19(15-11-22-23-12-15)14-24(20(18)21-13-16)28(25,26)17-7-5-4-6-8-17/h4-8,10-13,19H,2-3,9,14H2,1H3,(H,22,23). The monoisotopic (exact) mass is 414 g/mol. The minimum atomic E-state index is -3.68. The molecular weight excluding hydrogens is 392 g/mol. The molecule has 1 N–H and O–H groups in total. The van der Waals surface area contributed by atoms with Gasteiger partial charge in [0.25, 0.3) is 10.0 Å². The summed E-state index contributed by atoms with van der Waals surface area (Å²) in [5, 5.41) is 6.89. The molecule has 3 heterocycles. The molecule has 28 heavy (non-hydrogen) atoms. The molecule has 8 heteroatoms. The van der Waals surface area contributed by atoms with Crippen molar-refractivity contribution in [3.05, 3.63) is 66.1 Å². The first-order valence-electron chi connectivity index (χ1n) is 9.30. The Morgan fingerprint density at radius 3 is 2.79 bits per heavy atom. The van der Waals surface area contributed by atoms with Gasteiger partial charge in [0, 0.05) is 35.3 Å². The van der Waals surface area contributed by atoms with Gasteiger partial charge in [0.15, 0.2) is 0 Å². The zero-order chi connectivity index (χ0) is 19.6. The molecule has 4 rings (SSSR count). The maximum absolute atomic E-state index is 13.3. The second kappa shape index (κ2) is 7.97. The highest BCUT2D eigenvalue weighted by molar-refractivity contribution is 7.99. The van der Waals surface area contributed by atoms with Crippen molar-refractivity contribution in [2.75, 3.05) is 16.6 Å². The summed E-state index contributed by atoms with van der Waals surface area (Å²) in [5.41, 5.74) is 1.90. The highest BCUT2D eigenvalue weighted by Gasteiger charge is 2.39. The number of nitrogens with zero attached hydrogens (tertiary/aromatic N) is 3. The third-order valence-corrected chi connectivity index (χ3v) is 7.67. The van der Waals surface area contributed by atoms with Crippen LogP contribution in [0.25, 0.3) is 0 Å². The van der Waals surface area contributed by atoms with Gasteiger partial charge in [-0.2, -0.15) is 5.10 Å². The number of aromatic amines is 1. The molecule has 0 spiro atoms. The van der Waals surface area contributed by atoms with E-state index in [9.17, 15) is 8.42 Å². The van der Waals surface area contributed by atoms with Gasteiger partial charge >= 0.3 is 0 Å². The number of hydrogen-bond donors (Lipinski definition) is 1. The first kappa shape index (κ1) is 19.0. The van der Waals surface area contributed by atoms with Crippen LogP contribution in [0.1, 0.15) is 36.8 Å². The molecule has 0 aliphatic carbocycles. The number of thioether (sulfide) groups is 1. The molecule has 2 aromatic heterocycles. The van der Waals surface area contributed by atoms with Gasteiger partial charge in [-0.15, -0.1) is 11.8 Å². The zero-order valence-corrected chi connectivity index (χ0v) is 17.2. The molecule has 0 saturated carbocycles. The molecule has 0 amide bonds. The van der Waals surface area contributed by atoms with Crippen molar-refractivity contribution in [1.82, 2.24) is 15.2 Å². The van der Waals surface area contributed by atoms with E-state index in [1.807, 2.05) is 12.3 Å². The Morgan fingerprint density at radius 1 is 1.25 bits per heavy atom. The van der Waals surface area contributed by atoms with E-state index in [1.165, 1.54) is 4.31 Å². The van der Waals surface area contributed by atoms with Gasteiger partial charge in [-0.1, -0.05) is 31.5 Å². The van der Waals surface area contributed by atoms with Crippen LogP contribution >= 0.6 is 11.8 Å². The van der Waals surface area contributed by atoms with Crippen molar-refractivity contribution >= 4 is 27.6 Å². The fourth-order valence-corrected chi connectivity index (χ4v) is 5.84. The molecule has 6 nitrogen and oxygen atoms in total. The lowest BCUT2D eigenvalue weighted by molar-refractivity contribution is 0.591. The SMILES string of the molecule is CCCCSc1cnc2c(c1)C(c1cn[nH]c1)CN2S(=O)(=O)c1ccccc1. The smallest absolute Gasteiger partial charge is 0.265 e. The summed E-state index contributed by atoms with van der Waals surface area (Å²) >= 11 is 1.76. The number of hydrogen-bond acceptors (Lipinski definition) is 5. The van der Waals surface area contributed by atoms with Crippen LogP contribution in [0.4, 0.5) is 5.82 Å². The first-order chi connectivity index (χ1) is 13.6. The van der Waals surface area contributed by atoms with Gasteiger partial charge in [-0.05, 0) is 35.9 Å². The lowest BCUT2D eigenvalue weighted by Crippen LogP contribution is -2.30. The first-order valence-corrected chi connectivity index (χ1v) is 11.7. The summed E-state index contributed by atoms with van der Waals surface area (Å²) in [7, 11) is -3.68. The van der Waals surface area contributed by atoms with Crippen LogP contribution in [-0.4, -0.2) is 35.9 Å². The molecule has 1 aromatic carbocycles. The Bertz CT molecular complexity index is 1040. The molecule has 1 aliphatic heterocycles. The van der Waals surface area contributed by atoms with Crippen LogP contribution in [0.15, 0.2) is 64.8 Å². The molecule has 3 aromatic rings. The lowest BCUT2D eigenvalue weighted by Gasteiger charge is -2.19. The number of H-pyrrole nitrogens is 1. The van der Waals surface area contributed by atoms with Gasteiger partial charge in [0.2, 0.25) is 0 Å². The fourth-order valence-electron chi connectivity index (χ4n) is 3.35. The van der Waals surface area contributed by atoms with E-state index >= 15 is 0 Å². The van der Waals surface area contributed by atoms with E-state index in [0.29, 0.717) is 12.4 Å². The Morgan fingerprint density at radius 2 is 2.07 bits per heavy atom. The number of rotatable bonds is 7. The normalized spacial score (nSPS) is 16.3. The van der Waals surface area contributed by atoms with E-state index in [2.05, 4.69) is 28.2 Å². The summed E-state index contributed by atoms with van der Waals surface area (Å²) < 4.78 is 28.0. The largest absolute Gasteiger partial charge is 0.285 e. The van der Waals surface area contributed by atoms with Crippen molar-refractivity contribution in [2.45, 2.75) is 35.5 Å². The molecule has 0 fully saturated rings. The molecule has 0 saturated heterocycles. The topological polar surface area (TPSA) is 79.0 Å². The molecule has 146 valence electrons. The van der Waals surface area contributed by atoms with Crippen LogP contribution in [0.3, 0.4) is 0 Å². The van der Waals surface area contributed by atoms with Crippen molar-refractivity contribution in [2.24, 2.45) is 0 Å². The molecule has 1 atom stereocenters. The molecule has 0 radical (unpaired) electrons. The van der Waals surface area contributed by atoms with Gasteiger partial charge in [0.1, 0.15) is 5.82 Å². The van der Waals surface area contributed by atoms with E-state index in [-0.39, 0.29) is 10.8 Å². The number of pyridine rings is 1. The number of benzene rings is 1. The summed E-state index contributed by atoms with van der Waals surface area (Å²) in [4.78, 5) is 5.91. The highest BCUT2D eigenvalue weighted by atomic mass is 32.2. The number of sulfonamides is 1. The van der Waals surface area contributed by atoms with Gasteiger partial charge in [-0.3, -0.25) is 5.10 Å². The van der Waals surface area contributed by atoms with Crippen LogP contribution in [0, 0.1) is 0 Å². The van der Waals surface area contributed by atoms with Crippen molar-refractivity contribution in [3.8, 4) is 0 Å². The number of anilines is 1. The minimum absolute atomic E-state index is 0.0912. The third kappa shape index (κ3) is 3.54. The van der Waals surface area contributed by atoms with Gasteiger partial charge < -0.3 is 0 Å². The van der Waals surface area contributed by atoms with Gasteiger partial charge in [-0.25, -0.2) is 17.7 Å². The molecular formula is C20H22N4O2S2. The third-order valence-electron chi connectivity index (χ3n) is 4.85. The number of aromatic nitrogens is 3. The molecule has 1 aliphatic rings. The second-order valence-corrected chi connectivity index (χ2v) is 9.75. The molecule has 0 bridgehead atoms. The van der Waals surface area contributed by atoms with E-state index in [1.54, 1.807) is 48.4 Å². The number of fused-ring (bicyclic) bond motifs is 1. The average molecular weight is 415 g/mol. The highest BCUT2D eigenvalue weighted by Crippen LogP contribution is 2.42. The molecule has 1 unspecified atom stereocenters. The Kier molecular flexibility index (Phi) is 5.41. The van der Waals surface area contributed by atoms with Crippen molar-refractivity contribution < 1.29 is 8.42 Å². The Hall–Kier alpha value is -2.32. The van der Waals surface area contributed by atoms with E-state index in [4.69, 9.17) is 0 Å². The predicted molar refractivity (Wildman–Crippen MR) is 111 cm³/mol. The van der Waals surface area contributed by atoms with Crippen LogP contribution in [0.5, 0.6) is 0 Å². The van der Waals surface area contributed by atoms with Crippen LogP contribution < -0.4 is 4.31 Å². The number of nitrogens with one attached hydrogen (secondary N) is 1. The minimum Gasteiger partial charge on any atom is -0.285 e. The van der Waals surface area contributed by atoms with Crippen molar-refractivity contribution in [1.29, 1.82) is 0 Å². The van der Waals surface area contributed by atoms with Crippen LogP contribution in [0.2, 0.25) is 0 Å². The zero-order valence-electron chi connectivity index (χ0n) is 15.6. The van der Waals surface area contributed by atoms with Crippen LogP contribution in [-0.2, 0) is 10.0 Å². The maximum atomic E-state index is 13.3. The summed E-state index contributed by atoms with van der Waals surface area (Å²) in [6.45, 7) is 2.49. The van der Waals surface area contributed by atoms with Crippen molar-refractivity contribution in [3.63, 3.8) is 0 Å². The van der Waals surface area contributed by atoms with Gasteiger partial charge in [0.05, 0.1) is 11.1 Å². The average Bonchev–Trinajstić information content (AvgIpc) is 3.36. The summed E-state index contributed by atoms with van der Waals surface area (Å²) in [5.74, 6) is 1.45. The fraction of sp³-hybridized carbons (Fsp3) is 0.300. The maximum Gasteiger partial charge on any atom is 0.265 e. The lowest BCUT2D eigenvalue weighted by atomic mass is 9.97. The quantitative estimate of drug-likeness (QED) is 0.466. The Labute approximate surface area is 169 Å². The Balaban J connectivity index is 1.74.